The van der Waals surface area contributed by atoms with Crippen LogP contribution in [0.1, 0.15) is 16.8 Å². The number of hydrogen-bond donors (Lipinski definition) is 2. The predicted molar refractivity (Wildman–Crippen MR) is 93.6 cm³/mol. The van der Waals surface area contributed by atoms with Gasteiger partial charge in [-0.25, -0.2) is 9.78 Å². The number of hydrogen-bond acceptors (Lipinski definition) is 5. The molecule has 1 amide bonds. The standard InChI is InChI=1S/C17H21N3O3S/c1-12-4-3-5-13(6-12)9-24-10-16(21)20-15(17(22)23-2)7-14-8-18-11-19-14/h3-6,8,11,15H,7,9-10H2,1-2H3,(H,18,19)(H,20,21). The third-order valence-corrected chi connectivity index (χ3v) is 4.39. The Hall–Kier alpha value is -2.28. The second-order valence-electron chi connectivity index (χ2n) is 5.41. The Balaban J connectivity index is 1.82. The van der Waals surface area contributed by atoms with Crippen LogP contribution in [-0.2, 0) is 26.5 Å². The molecule has 0 aliphatic rings. The van der Waals surface area contributed by atoms with Gasteiger partial charge in [0.15, 0.2) is 0 Å². The summed E-state index contributed by atoms with van der Waals surface area (Å²) in [5, 5.41) is 2.72. The number of thioether (sulfide) groups is 1. The fourth-order valence-electron chi connectivity index (χ4n) is 2.25. The maximum Gasteiger partial charge on any atom is 0.328 e. The second-order valence-corrected chi connectivity index (χ2v) is 6.39. The highest BCUT2D eigenvalue weighted by Crippen LogP contribution is 2.13. The molecule has 1 aromatic carbocycles. The van der Waals surface area contributed by atoms with Gasteiger partial charge in [0.05, 0.1) is 19.2 Å². The number of nitrogens with zero attached hydrogens (tertiary/aromatic N) is 1. The SMILES string of the molecule is COC(=O)C(Cc1cnc[nH]1)NC(=O)CSCc1cccc(C)c1. The van der Waals surface area contributed by atoms with E-state index in [0.29, 0.717) is 6.42 Å². The third kappa shape index (κ3) is 5.73. The zero-order valence-corrected chi connectivity index (χ0v) is 14.6. The number of amides is 1. The molecule has 1 aromatic heterocycles. The molecular formula is C17H21N3O3S. The first-order valence-electron chi connectivity index (χ1n) is 7.56. The van der Waals surface area contributed by atoms with Gasteiger partial charge in [0.1, 0.15) is 6.04 Å². The Bertz CT molecular complexity index is 673. The molecule has 0 aliphatic heterocycles. The first-order valence-corrected chi connectivity index (χ1v) is 8.71. The van der Waals surface area contributed by atoms with E-state index in [1.807, 2.05) is 25.1 Å². The molecule has 1 unspecified atom stereocenters. The minimum Gasteiger partial charge on any atom is -0.467 e. The molecule has 1 heterocycles. The van der Waals surface area contributed by atoms with Crippen LogP contribution in [0, 0.1) is 6.92 Å². The molecule has 128 valence electrons. The number of ether oxygens (including phenoxy) is 1. The van der Waals surface area contributed by atoms with Gasteiger partial charge in [0, 0.05) is 24.1 Å². The van der Waals surface area contributed by atoms with Gasteiger partial charge in [-0.3, -0.25) is 4.79 Å². The van der Waals surface area contributed by atoms with Crippen molar-refractivity contribution in [2.75, 3.05) is 12.9 Å². The van der Waals surface area contributed by atoms with Crippen molar-refractivity contribution in [3.8, 4) is 0 Å². The number of nitrogens with one attached hydrogen (secondary N) is 2. The van der Waals surface area contributed by atoms with E-state index in [1.165, 1.54) is 36.3 Å². The van der Waals surface area contributed by atoms with Crippen LogP contribution in [0.2, 0.25) is 0 Å². The molecule has 0 bridgehead atoms. The van der Waals surface area contributed by atoms with Crippen molar-refractivity contribution in [3.63, 3.8) is 0 Å². The number of aryl methyl sites for hydroxylation is 1. The van der Waals surface area contributed by atoms with Gasteiger partial charge >= 0.3 is 5.97 Å². The number of aromatic amines is 1. The fourth-order valence-corrected chi connectivity index (χ4v) is 3.04. The summed E-state index contributed by atoms with van der Waals surface area (Å²) in [6.07, 6.45) is 3.47. The highest BCUT2D eigenvalue weighted by molar-refractivity contribution is 7.99. The van der Waals surface area contributed by atoms with E-state index < -0.39 is 12.0 Å². The van der Waals surface area contributed by atoms with Gasteiger partial charge in [0.2, 0.25) is 5.91 Å². The zero-order chi connectivity index (χ0) is 17.4. The number of esters is 1. The van der Waals surface area contributed by atoms with E-state index >= 15 is 0 Å². The third-order valence-electron chi connectivity index (χ3n) is 3.38. The number of methoxy groups -OCH3 is 1. The Labute approximate surface area is 145 Å². The van der Waals surface area contributed by atoms with Crippen molar-refractivity contribution in [2.24, 2.45) is 0 Å². The van der Waals surface area contributed by atoms with E-state index in [4.69, 9.17) is 4.74 Å². The van der Waals surface area contributed by atoms with Crippen molar-refractivity contribution in [3.05, 3.63) is 53.6 Å². The minimum atomic E-state index is -0.720. The molecular weight excluding hydrogens is 326 g/mol. The molecule has 0 fully saturated rings. The molecule has 24 heavy (non-hydrogen) atoms. The number of carbonyl (C=O) groups is 2. The zero-order valence-electron chi connectivity index (χ0n) is 13.7. The van der Waals surface area contributed by atoms with Crippen molar-refractivity contribution < 1.29 is 14.3 Å². The smallest absolute Gasteiger partial charge is 0.328 e. The molecule has 6 nitrogen and oxygen atoms in total. The van der Waals surface area contributed by atoms with E-state index in [-0.39, 0.29) is 11.7 Å². The molecule has 2 N–H and O–H groups in total. The Morgan fingerprint density at radius 3 is 2.92 bits per heavy atom. The average Bonchev–Trinajstić information content (AvgIpc) is 3.06. The first-order chi connectivity index (χ1) is 11.6. The van der Waals surface area contributed by atoms with Crippen LogP contribution in [0.3, 0.4) is 0 Å². The topological polar surface area (TPSA) is 84.1 Å². The maximum atomic E-state index is 12.1. The number of benzene rings is 1. The van der Waals surface area contributed by atoms with Gasteiger partial charge in [-0.1, -0.05) is 29.8 Å². The minimum absolute atomic E-state index is 0.192. The van der Waals surface area contributed by atoms with Crippen LogP contribution >= 0.6 is 11.8 Å². The molecule has 0 spiro atoms. The summed E-state index contributed by atoms with van der Waals surface area (Å²) in [5.74, 6) is 0.368. The van der Waals surface area contributed by atoms with Crippen LogP contribution in [0.4, 0.5) is 0 Å². The first kappa shape index (κ1) is 18.1. The molecule has 0 saturated carbocycles. The monoisotopic (exact) mass is 347 g/mol. The molecule has 2 rings (SSSR count). The summed E-state index contributed by atoms with van der Waals surface area (Å²) >= 11 is 1.51. The lowest BCUT2D eigenvalue weighted by molar-refractivity contribution is -0.144. The number of imidazole rings is 1. The van der Waals surface area contributed by atoms with Gasteiger partial charge in [-0.05, 0) is 12.5 Å². The Morgan fingerprint density at radius 2 is 2.25 bits per heavy atom. The van der Waals surface area contributed by atoms with E-state index in [2.05, 4.69) is 21.4 Å². The fraction of sp³-hybridized carbons (Fsp3) is 0.353. The summed E-state index contributed by atoms with van der Waals surface area (Å²) in [4.78, 5) is 30.7. The van der Waals surface area contributed by atoms with Gasteiger partial charge in [0.25, 0.3) is 0 Å². The Morgan fingerprint density at radius 1 is 1.42 bits per heavy atom. The Kier molecular flexibility index (Phi) is 6.87. The van der Waals surface area contributed by atoms with E-state index in [1.54, 1.807) is 6.20 Å². The molecule has 0 aliphatic carbocycles. The largest absolute Gasteiger partial charge is 0.467 e. The number of H-pyrrole nitrogens is 1. The normalized spacial score (nSPS) is 11.8. The van der Waals surface area contributed by atoms with Crippen LogP contribution in [0.5, 0.6) is 0 Å². The van der Waals surface area contributed by atoms with Crippen LogP contribution in [0.15, 0.2) is 36.8 Å². The van der Waals surface area contributed by atoms with Crippen LogP contribution in [-0.4, -0.2) is 40.7 Å². The molecule has 0 saturated heterocycles. The molecule has 0 radical (unpaired) electrons. The van der Waals surface area contributed by atoms with E-state index in [0.717, 1.165) is 11.4 Å². The number of carbonyl (C=O) groups excluding carboxylic acids is 2. The van der Waals surface area contributed by atoms with Gasteiger partial charge in [-0.15, -0.1) is 11.8 Å². The summed E-state index contributed by atoms with van der Waals surface area (Å²) in [6, 6.07) is 7.45. The lowest BCUT2D eigenvalue weighted by Crippen LogP contribution is -2.43. The summed E-state index contributed by atoms with van der Waals surface area (Å²) < 4.78 is 4.75. The van der Waals surface area contributed by atoms with Gasteiger partial charge in [-0.2, -0.15) is 0 Å². The van der Waals surface area contributed by atoms with Crippen LogP contribution in [0.25, 0.3) is 0 Å². The molecule has 1 atom stereocenters. The van der Waals surface area contributed by atoms with E-state index in [9.17, 15) is 9.59 Å². The summed E-state index contributed by atoms with van der Waals surface area (Å²) in [7, 11) is 1.31. The second kappa shape index (κ2) is 9.12. The van der Waals surface area contributed by atoms with Gasteiger partial charge < -0.3 is 15.0 Å². The highest BCUT2D eigenvalue weighted by atomic mass is 32.2. The van der Waals surface area contributed by atoms with Crippen molar-refractivity contribution >= 4 is 23.6 Å². The van der Waals surface area contributed by atoms with Crippen molar-refractivity contribution in [1.29, 1.82) is 0 Å². The van der Waals surface area contributed by atoms with Crippen molar-refractivity contribution in [1.82, 2.24) is 15.3 Å². The summed E-state index contributed by atoms with van der Waals surface area (Å²) in [6.45, 7) is 2.04. The lowest BCUT2D eigenvalue weighted by Gasteiger charge is -2.15. The maximum absolute atomic E-state index is 12.1. The number of rotatable bonds is 8. The average molecular weight is 347 g/mol. The lowest BCUT2D eigenvalue weighted by atomic mass is 10.1. The summed E-state index contributed by atoms with van der Waals surface area (Å²) in [5.41, 5.74) is 3.13. The number of aromatic nitrogens is 2. The molecule has 7 heteroatoms. The quantitative estimate of drug-likeness (QED) is 0.712. The predicted octanol–water partition coefficient (Wildman–Crippen LogP) is 1.85. The van der Waals surface area contributed by atoms with Crippen molar-refractivity contribution in [2.45, 2.75) is 25.1 Å². The highest BCUT2D eigenvalue weighted by Gasteiger charge is 2.22. The molecule has 2 aromatic rings. The van der Waals surface area contributed by atoms with Crippen LogP contribution < -0.4 is 5.32 Å².